The van der Waals surface area contributed by atoms with Gasteiger partial charge in [-0.3, -0.25) is 14.8 Å². The molecule has 19 heavy (non-hydrogen) atoms. The van der Waals surface area contributed by atoms with E-state index in [0.717, 1.165) is 12.4 Å². The number of carbonyl (C=O) groups excluding carboxylic acids is 1. The summed E-state index contributed by atoms with van der Waals surface area (Å²) in [5, 5.41) is 0. The summed E-state index contributed by atoms with van der Waals surface area (Å²) in [5.41, 5.74) is 0.869. The van der Waals surface area contributed by atoms with Gasteiger partial charge in [0.2, 0.25) is 0 Å². The summed E-state index contributed by atoms with van der Waals surface area (Å²) in [6.07, 6.45) is 4.80. The second-order valence-corrected chi connectivity index (χ2v) is 3.86. The Bertz CT molecular complexity index is 590. The molecule has 98 valence electrons. The van der Waals surface area contributed by atoms with Crippen LogP contribution in [0.15, 0.2) is 36.9 Å². The van der Waals surface area contributed by atoms with Gasteiger partial charge in [-0.2, -0.15) is 0 Å². The van der Waals surface area contributed by atoms with E-state index in [1.807, 2.05) is 0 Å². The number of hydrogen-bond acceptors (Lipinski definition) is 4. The zero-order valence-corrected chi connectivity index (χ0v) is 9.85. The molecule has 0 unspecified atom stereocenters. The molecular weight excluding hydrogens is 254 g/mol. The van der Waals surface area contributed by atoms with Gasteiger partial charge < -0.3 is 4.74 Å². The lowest BCUT2D eigenvalue weighted by atomic mass is 10.2. The van der Waals surface area contributed by atoms with Crippen LogP contribution in [0.4, 0.5) is 8.78 Å². The fourth-order valence-electron chi connectivity index (χ4n) is 1.47. The van der Waals surface area contributed by atoms with E-state index in [1.54, 1.807) is 0 Å². The van der Waals surface area contributed by atoms with Crippen LogP contribution < -0.4 is 0 Å². The minimum Gasteiger partial charge on any atom is -0.460 e. The molecule has 0 atom stereocenters. The minimum absolute atomic E-state index is 0.0770. The smallest absolute Gasteiger partial charge is 0.310 e. The number of aromatic nitrogens is 2. The molecule has 0 aliphatic carbocycles. The first-order chi connectivity index (χ1) is 9.13. The molecular formula is C13H10F2N2O2. The topological polar surface area (TPSA) is 52.1 Å². The molecule has 0 amide bonds. The van der Waals surface area contributed by atoms with Crippen molar-refractivity contribution in [2.24, 2.45) is 0 Å². The normalized spacial score (nSPS) is 10.2. The molecule has 0 saturated carbocycles. The molecule has 0 N–H and O–H groups in total. The second kappa shape index (κ2) is 5.99. The number of nitrogens with zero attached hydrogens (tertiary/aromatic N) is 2. The number of ether oxygens (including phenoxy) is 1. The van der Waals surface area contributed by atoms with Crippen LogP contribution in [0.2, 0.25) is 0 Å². The molecule has 0 aliphatic rings. The monoisotopic (exact) mass is 264 g/mol. The van der Waals surface area contributed by atoms with Crippen LogP contribution in [-0.4, -0.2) is 15.9 Å². The Labute approximate surface area is 108 Å². The van der Waals surface area contributed by atoms with Gasteiger partial charge in [-0.1, -0.05) is 0 Å². The Kier molecular flexibility index (Phi) is 4.12. The molecule has 0 radical (unpaired) electrons. The largest absolute Gasteiger partial charge is 0.460 e. The highest BCUT2D eigenvalue weighted by Gasteiger charge is 2.07. The van der Waals surface area contributed by atoms with Crippen LogP contribution in [0.25, 0.3) is 0 Å². The van der Waals surface area contributed by atoms with Crippen molar-refractivity contribution in [2.75, 3.05) is 0 Å². The summed E-state index contributed by atoms with van der Waals surface area (Å²) in [6.45, 7) is -0.0770. The van der Waals surface area contributed by atoms with Crippen LogP contribution in [0, 0.1) is 11.6 Å². The van der Waals surface area contributed by atoms with Crippen molar-refractivity contribution in [1.29, 1.82) is 0 Å². The molecule has 0 fully saturated rings. The maximum Gasteiger partial charge on any atom is 0.310 e. The van der Waals surface area contributed by atoms with E-state index in [4.69, 9.17) is 4.74 Å². The van der Waals surface area contributed by atoms with Gasteiger partial charge in [0, 0.05) is 18.0 Å². The first kappa shape index (κ1) is 13.1. The molecule has 0 aromatic carbocycles. The van der Waals surface area contributed by atoms with Gasteiger partial charge in [0.1, 0.15) is 18.2 Å². The van der Waals surface area contributed by atoms with Crippen molar-refractivity contribution < 1.29 is 18.3 Å². The molecule has 0 aliphatic heterocycles. The third-order valence-corrected chi connectivity index (χ3v) is 2.27. The first-order valence-corrected chi connectivity index (χ1v) is 5.48. The Balaban J connectivity index is 1.88. The molecule has 2 rings (SSSR count). The van der Waals surface area contributed by atoms with E-state index in [1.165, 1.54) is 24.5 Å². The molecule has 2 aromatic rings. The average molecular weight is 264 g/mol. The van der Waals surface area contributed by atoms with Gasteiger partial charge in [0.25, 0.3) is 0 Å². The Morgan fingerprint density at radius 1 is 1.00 bits per heavy atom. The molecule has 0 bridgehead atoms. The van der Waals surface area contributed by atoms with Gasteiger partial charge >= 0.3 is 5.97 Å². The van der Waals surface area contributed by atoms with Crippen LogP contribution in [-0.2, 0) is 22.6 Å². The lowest BCUT2D eigenvalue weighted by Crippen LogP contribution is -2.08. The summed E-state index contributed by atoms with van der Waals surface area (Å²) >= 11 is 0. The zero-order chi connectivity index (χ0) is 13.7. The summed E-state index contributed by atoms with van der Waals surface area (Å²) in [5.74, 6) is -1.56. The van der Waals surface area contributed by atoms with Crippen LogP contribution >= 0.6 is 0 Å². The van der Waals surface area contributed by atoms with Crippen molar-refractivity contribution in [3.8, 4) is 0 Å². The van der Waals surface area contributed by atoms with E-state index < -0.39 is 17.6 Å². The maximum absolute atomic E-state index is 12.8. The van der Waals surface area contributed by atoms with E-state index in [0.29, 0.717) is 11.1 Å². The van der Waals surface area contributed by atoms with Gasteiger partial charge in [-0.05, 0) is 17.7 Å². The van der Waals surface area contributed by atoms with Crippen molar-refractivity contribution >= 4 is 5.97 Å². The maximum atomic E-state index is 12.8. The highest BCUT2D eigenvalue weighted by molar-refractivity contribution is 5.72. The van der Waals surface area contributed by atoms with Crippen LogP contribution in [0.1, 0.15) is 11.1 Å². The Morgan fingerprint density at radius 2 is 1.58 bits per heavy atom. The third-order valence-electron chi connectivity index (χ3n) is 2.27. The van der Waals surface area contributed by atoms with Crippen molar-refractivity contribution in [3.63, 3.8) is 0 Å². The lowest BCUT2D eigenvalue weighted by Gasteiger charge is -2.04. The fourth-order valence-corrected chi connectivity index (χ4v) is 1.47. The standard InChI is InChI=1S/C13H10F2N2O2/c14-11-1-9(4-16-6-11)3-13(18)19-8-10-2-12(15)7-17-5-10/h1-2,4-7H,3,8H2. The predicted molar refractivity (Wildman–Crippen MR) is 61.9 cm³/mol. The van der Waals surface area contributed by atoms with Gasteiger partial charge in [0.15, 0.2) is 0 Å². The molecule has 6 heteroatoms. The summed E-state index contributed by atoms with van der Waals surface area (Å²) in [6, 6.07) is 2.43. The van der Waals surface area contributed by atoms with E-state index in [2.05, 4.69) is 9.97 Å². The predicted octanol–water partition coefficient (Wildman–Crippen LogP) is 2.04. The van der Waals surface area contributed by atoms with Crippen molar-refractivity contribution in [2.45, 2.75) is 13.0 Å². The van der Waals surface area contributed by atoms with E-state index >= 15 is 0 Å². The van der Waals surface area contributed by atoms with Crippen molar-refractivity contribution in [3.05, 3.63) is 59.7 Å². The number of hydrogen-bond donors (Lipinski definition) is 0. The Morgan fingerprint density at radius 3 is 2.21 bits per heavy atom. The Hall–Kier alpha value is -2.37. The quantitative estimate of drug-likeness (QED) is 0.793. The SMILES string of the molecule is O=C(Cc1cncc(F)c1)OCc1cncc(F)c1. The van der Waals surface area contributed by atoms with E-state index in [-0.39, 0.29) is 13.0 Å². The number of rotatable bonds is 4. The van der Waals surface area contributed by atoms with Crippen LogP contribution in [0.5, 0.6) is 0 Å². The lowest BCUT2D eigenvalue weighted by molar-refractivity contribution is -0.144. The molecule has 2 aromatic heterocycles. The van der Waals surface area contributed by atoms with Gasteiger partial charge in [-0.15, -0.1) is 0 Å². The summed E-state index contributed by atoms with van der Waals surface area (Å²) < 4.78 is 30.6. The zero-order valence-electron chi connectivity index (χ0n) is 9.85. The van der Waals surface area contributed by atoms with Crippen LogP contribution in [0.3, 0.4) is 0 Å². The average Bonchev–Trinajstić information content (AvgIpc) is 2.36. The van der Waals surface area contributed by atoms with Gasteiger partial charge in [0.05, 0.1) is 18.8 Å². The van der Waals surface area contributed by atoms with E-state index in [9.17, 15) is 13.6 Å². The number of carbonyl (C=O) groups is 1. The minimum atomic E-state index is -0.545. The van der Waals surface area contributed by atoms with Crippen molar-refractivity contribution in [1.82, 2.24) is 9.97 Å². The third kappa shape index (κ3) is 4.09. The number of esters is 1. The highest BCUT2D eigenvalue weighted by Crippen LogP contribution is 2.06. The number of pyridine rings is 2. The second-order valence-electron chi connectivity index (χ2n) is 3.86. The molecule has 4 nitrogen and oxygen atoms in total. The molecule has 0 spiro atoms. The fraction of sp³-hybridized carbons (Fsp3) is 0.154. The summed E-state index contributed by atoms with van der Waals surface area (Å²) in [7, 11) is 0. The number of halogens is 2. The highest BCUT2D eigenvalue weighted by atomic mass is 19.1. The first-order valence-electron chi connectivity index (χ1n) is 5.48. The summed E-state index contributed by atoms with van der Waals surface area (Å²) in [4.78, 5) is 18.8. The van der Waals surface area contributed by atoms with Gasteiger partial charge in [-0.25, -0.2) is 8.78 Å². The molecule has 2 heterocycles. The molecule has 0 saturated heterocycles.